The van der Waals surface area contributed by atoms with E-state index in [2.05, 4.69) is 15.4 Å². The molecule has 0 aliphatic heterocycles. The number of carbonyl (C=O) groups excluding carboxylic acids is 2. The molecule has 0 unspecified atom stereocenters. The van der Waals surface area contributed by atoms with Gasteiger partial charge in [0.25, 0.3) is 15.9 Å². The molecule has 3 N–H and O–H groups in total. The maximum absolute atomic E-state index is 12.8. The SMILES string of the molecule is Cc1ccc(NC(=O)CNC(=O)c2ccco2)cc1S(=O)(=O)Nc1ccccc1Cl. The number of para-hydroxylation sites is 1. The van der Waals surface area contributed by atoms with Crippen LogP contribution < -0.4 is 15.4 Å². The van der Waals surface area contributed by atoms with Gasteiger partial charge in [-0.2, -0.15) is 0 Å². The molecule has 156 valence electrons. The predicted molar refractivity (Wildman–Crippen MR) is 113 cm³/mol. The van der Waals surface area contributed by atoms with Crippen LogP contribution in [0.15, 0.2) is 70.2 Å². The second kappa shape index (κ2) is 9.02. The molecule has 0 fully saturated rings. The molecule has 0 spiro atoms. The van der Waals surface area contributed by atoms with Gasteiger partial charge in [0.2, 0.25) is 5.91 Å². The van der Waals surface area contributed by atoms with Crippen molar-refractivity contribution in [2.75, 3.05) is 16.6 Å². The fraction of sp³-hybridized carbons (Fsp3) is 0.100. The molecule has 0 atom stereocenters. The molecule has 2 amide bonds. The van der Waals surface area contributed by atoms with Gasteiger partial charge in [-0.25, -0.2) is 8.42 Å². The number of carbonyl (C=O) groups is 2. The molecule has 3 aromatic rings. The summed E-state index contributed by atoms with van der Waals surface area (Å²) in [6.07, 6.45) is 1.35. The van der Waals surface area contributed by atoms with Crippen molar-refractivity contribution in [3.8, 4) is 0 Å². The summed E-state index contributed by atoms with van der Waals surface area (Å²) >= 11 is 6.03. The maximum Gasteiger partial charge on any atom is 0.287 e. The molecule has 8 nitrogen and oxygen atoms in total. The van der Waals surface area contributed by atoms with E-state index in [0.29, 0.717) is 5.56 Å². The average Bonchev–Trinajstić information content (AvgIpc) is 3.24. The number of anilines is 2. The highest BCUT2D eigenvalue weighted by atomic mass is 35.5. The van der Waals surface area contributed by atoms with Gasteiger partial charge in [0.15, 0.2) is 5.76 Å². The molecule has 0 bridgehead atoms. The van der Waals surface area contributed by atoms with E-state index in [4.69, 9.17) is 16.0 Å². The number of furan rings is 1. The highest BCUT2D eigenvalue weighted by Gasteiger charge is 2.19. The summed E-state index contributed by atoms with van der Waals surface area (Å²) in [6, 6.07) is 13.9. The second-order valence-corrected chi connectivity index (χ2v) is 8.33. The van der Waals surface area contributed by atoms with Gasteiger partial charge in [-0.3, -0.25) is 14.3 Å². The van der Waals surface area contributed by atoms with Crippen molar-refractivity contribution in [2.24, 2.45) is 0 Å². The summed E-state index contributed by atoms with van der Waals surface area (Å²) in [4.78, 5) is 23.9. The number of hydrogen-bond donors (Lipinski definition) is 3. The van der Waals surface area contributed by atoms with Crippen LogP contribution in [0.1, 0.15) is 16.1 Å². The summed E-state index contributed by atoms with van der Waals surface area (Å²) in [7, 11) is -3.95. The van der Waals surface area contributed by atoms with Crippen molar-refractivity contribution in [1.82, 2.24) is 5.32 Å². The molecular weight excluding hydrogens is 430 g/mol. The van der Waals surface area contributed by atoms with Gasteiger partial charge in [0, 0.05) is 5.69 Å². The number of aryl methyl sites for hydroxylation is 1. The standard InChI is InChI=1S/C20H18ClN3O5S/c1-13-8-9-14(23-19(25)12-22-20(26)17-7-4-10-29-17)11-18(13)30(27,28)24-16-6-3-2-5-15(16)21/h2-11,24H,12H2,1H3,(H,22,26)(H,23,25). The first-order chi connectivity index (χ1) is 14.3. The normalized spacial score (nSPS) is 11.0. The van der Waals surface area contributed by atoms with Crippen molar-refractivity contribution in [3.05, 3.63) is 77.2 Å². The van der Waals surface area contributed by atoms with Crippen molar-refractivity contribution < 1.29 is 22.4 Å². The Morgan fingerprint density at radius 3 is 2.53 bits per heavy atom. The maximum atomic E-state index is 12.8. The number of halogens is 1. The molecule has 0 saturated heterocycles. The summed E-state index contributed by atoms with van der Waals surface area (Å²) < 4.78 is 33.0. The number of benzene rings is 2. The molecular formula is C20H18ClN3O5S. The zero-order valence-electron chi connectivity index (χ0n) is 15.8. The molecule has 2 aromatic carbocycles. The Kier molecular flexibility index (Phi) is 6.43. The lowest BCUT2D eigenvalue weighted by atomic mass is 10.2. The van der Waals surface area contributed by atoms with Crippen LogP contribution in [0.25, 0.3) is 0 Å². The Labute approximate surface area is 178 Å². The quantitative estimate of drug-likeness (QED) is 0.513. The van der Waals surface area contributed by atoms with Crippen LogP contribution in [-0.2, 0) is 14.8 Å². The Hall–Kier alpha value is -3.30. The number of hydrogen-bond acceptors (Lipinski definition) is 5. The molecule has 0 saturated carbocycles. The summed E-state index contributed by atoms with van der Waals surface area (Å²) in [6.45, 7) is 1.32. The minimum absolute atomic E-state index is 0.0140. The minimum Gasteiger partial charge on any atom is -0.459 e. The lowest BCUT2D eigenvalue weighted by molar-refractivity contribution is -0.115. The van der Waals surface area contributed by atoms with Crippen LogP contribution in [0, 0.1) is 6.92 Å². The van der Waals surface area contributed by atoms with Crippen LogP contribution >= 0.6 is 11.6 Å². The van der Waals surface area contributed by atoms with Crippen LogP contribution in [0.2, 0.25) is 5.02 Å². The Balaban J connectivity index is 1.70. The predicted octanol–water partition coefficient (Wildman–Crippen LogP) is 3.41. The zero-order chi connectivity index (χ0) is 21.7. The van der Waals surface area contributed by atoms with Crippen LogP contribution in [0.3, 0.4) is 0 Å². The Morgan fingerprint density at radius 1 is 1.07 bits per heavy atom. The van der Waals surface area contributed by atoms with E-state index in [1.807, 2.05) is 0 Å². The summed E-state index contributed by atoms with van der Waals surface area (Å²) in [5.41, 5.74) is 0.990. The first-order valence-corrected chi connectivity index (χ1v) is 10.6. The van der Waals surface area contributed by atoms with Crippen molar-refractivity contribution >= 4 is 44.8 Å². The molecule has 0 radical (unpaired) electrons. The third-order valence-electron chi connectivity index (χ3n) is 4.03. The topological polar surface area (TPSA) is 118 Å². The van der Waals surface area contributed by atoms with Gasteiger partial charge in [-0.05, 0) is 48.9 Å². The van der Waals surface area contributed by atoms with Gasteiger partial charge in [0.1, 0.15) is 0 Å². The third kappa shape index (κ3) is 5.19. The van der Waals surface area contributed by atoms with E-state index in [1.54, 1.807) is 49.4 Å². The van der Waals surface area contributed by atoms with Crippen molar-refractivity contribution in [1.29, 1.82) is 0 Å². The van der Waals surface area contributed by atoms with E-state index in [1.165, 1.54) is 18.4 Å². The fourth-order valence-electron chi connectivity index (χ4n) is 2.57. The van der Waals surface area contributed by atoms with E-state index in [0.717, 1.165) is 0 Å². The zero-order valence-corrected chi connectivity index (χ0v) is 17.4. The lowest BCUT2D eigenvalue weighted by Crippen LogP contribution is -2.32. The van der Waals surface area contributed by atoms with Gasteiger partial charge in [0.05, 0.1) is 28.4 Å². The monoisotopic (exact) mass is 447 g/mol. The van der Waals surface area contributed by atoms with Crippen molar-refractivity contribution in [2.45, 2.75) is 11.8 Å². The highest BCUT2D eigenvalue weighted by molar-refractivity contribution is 7.92. The minimum atomic E-state index is -3.95. The summed E-state index contributed by atoms with van der Waals surface area (Å²) in [5.74, 6) is -0.982. The first kappa shape index (κ1) is 21.4. The first-order valence-electron chi connectivity index (χ1n) is 8.76. The van der Waals surface area contributed by atoms with Gasteiger partial charge >= 0.3 is 0 Å². The number of sulfonamides is 1. The van der Waals surface area contributed by atoms with E-state index in [-0.39, 0.29) is 33.6 Å². The van der Waals surface area contributed by atoms with Crippen molar-refractivity contribution in [3.63, 3.8) is 0 Å². The van der Waals surface area contributed by atoms with Crippen LogP contribution in [0.5, 0.6) is 0 Å². The van der Waals surface area contributed by atoms with Crippen LogP contribution in [-0.4, -0.2) is 26.8 Å². The molecule has 1 heterocycles. The molecule has 0 aliphatic rings. The van der Waals surface area contributed by atoms with Gasteiger partial charge in [-0.1, -0.05) is 29.8 Å². The largest absolute Gasteiger partial charge is 0.459 e. The summed E-state index contributed by atoms with van der Waals surface area (Å²) in [5, 5.41) is 5.22. The molecule has 10 heteroatoms. The van der Waals surface area contributed by atoms with E-state index < -0.39 is 21.8 Å². The number of nitrogens with one attached hydrogen (secondary N) is 3. The van der Waals surface area contributed by atoms with Gasteiger partial charge in [-0.15, -0.1) is 0 Å². The molecule has 1 aromatic heterocycles. The molecule has 30 heavy (non-hydrogen) atoms. The molecule has 0 aliphatic carbocycles. The van der Waals surface area contributed by atoms with Crippen LogP contribution in [0.4, 0.5) is 11.4 Å². The lowest BCUT2D eigenvalue weighted by Gasteiger charge is -2.13. The third-order valence-corrected chi connectivity index (χ3v) is 5.87. The highest BCUT2D eigenvalue weighted by Crippen LogP contribution is 2.26. The smallest absolute Gasteiger partial charge is 0.287 e. The number of rotatable bonds is 7. The Morgan fingerprint density at radius 2 is 1.83 bits per heavy atom. The molecule has 3 rings (SSSR count). The van der Waals surface area contributed by atoms with E-state index in [9.17, 15) is 18.0 Å². The Bertz CT molecular complexity index is 1180. The average molecular weight is 448 g/mol. The van der Waals surface area contributed by atoms with E-state index >= 15 is 0 Å². The number of amides is 2. The van der Waals surface area contributed by atoms with Gasteiger partial charge < -0.3 is 15.1 Å². The fourth-order valence-corrected chi connectivity index (χ4v) is 4.16. The second-order valence-electron chi connectivity index (χ2n) is 6.27.